The van der Waals surface area contributed by atoms with Crippen molar-refractivity contribution < 1.29 is 17.9 Å². The maximum absolute atomic E-state index is 14.0. The first-order chi connectivity index (χ1) is 14.0. The van der Waals surface area contributed by atoms with Gasteiger partial charge in [0.05, 0.1) is 18.5 Å². The molecule has 3 aromatic rings. The number of hydrogen-bond donors (Lipinski definition) is 0. The van der Waals surface area contributed by atoms with E-state index in [0.717, 1.165) is 10.5 Å². The van der Waals surface area contributed by atoms with Gasteiger partial charge in [0.25, 0.3) is 0 Å². The highest BCUT2D eigenvalue weighted by molar-refractivity contribution is 6.18. The molecule has 3 aromatic carbocycles. The van der Waals surface area contributed by atoms with Crippen LogP contribution < -0.4 is 9.64 Å². The molecule has 0 bridgehead atoms. The first-order valence-corrected chi connectivity index (χ1v) is 8.93. The molecule has 29 heavy (non-hydrogen) atoms. The van der Waals surface area contributed by atoms with Gasteiger partial charge in [0.1, 0.15) is 5.75 Å². The second-order valence-electron chi connectivity index (χ2n) is 6.42. The molecule has 1 heterocycles. The SMILES string of the molecule is COc1ccc(N2C(C(F)(F)F)=Nc3ccccc3/C2=C\c2ccccc2)cc1. The predicted octanol–water partition coefficient (Wildman–Crippen LogP) is 6.31. The van der Waals surface area contributed by atoms with E-state index in [4.69, 9.17) is 4.74 Å². The van der Waals surface area contributed by atoms with Crippen LogP contribution in [0.1, 0.15) is 11.1 Å². The third-order valence-corrected chi connectivity index (χ3v) is 4.55. The second-order valence-corrected chi connectivity index (χ2v) is 6.42. The number of ether oxygens (including phenoxy) is 1. The number of anilines is 1. The van der Waals surface area contributed by atoms with Crippen LogP contribution in [-0.4, -0.2) is 19.1 Å². The van der Waals surface area contributed by atoms with Gasteiger partial charge >= 0.3 is 6.18 Å². The highest BCUT2D eigenvalue weighted by Gasteiger charge is 2.44. The van der Waals surface area contributed by atoms with Gasteiger partial charge in [-0.2, -0.15) is 13.2 Å². The molecule has 0 spiro atoms. The molecule has 0 unspecified atom stereocenters. The Kier molecular flexibility index (Phi) is 4.84. The van der Waals surface area contributed by atoms with Crippen molar-refractivity contribution in [2.75, 3.05) is 12.0 Å². The lowest BCUT2D eigenvalue weighted by Crippen LogP contribution is -2.41. The van der Waals surface area contributed by atoms with E-state index in [1.54, 1.807) is 54.6 Å². The van der Waals surface area contributed by atoms with Crippen LogP contribution in [0.2, 0.25) is 0 Å². The minimum atomic E-state index is -4.64. The summed E-state index contributed by atoms with van der Waals surface area (Å²) in [4.78, 5) is 5.10. The first-order valence-electron chi connectivity index (χ1n) is 8.93. The van der Waals surface area contributed by atoms with Crippen molar-refractivity contribution in [2.24, 2.45) is 4.99 Å². The Balaban J connectivity index is 1.97. The van der Waals surface area contributed by atoms with E-state index in [9.17, 15) is 13.2 Å². The Morgan fingerprint density at radius 1 is 0.862 bits per heavy atom. The largest absolute Gasteiger partial charge is 0.497 e. The van der Waals surface area contributed by atoms with Crippen LogP contribution in [0.3, 0.4) is 0 Å². The van der Waals surface area contributed by atoms with Crippen LogP contribution in [0, 0.1) is 0 Å². The Morgan fingerprint density at radius 2 is 1.52 bits per heavy atom. The zero-order valence-electron chi connectivity index (χ0n) is 15.5. The number of rotatable bonds is 3. The van der Waals surface area contributed by atoms with E-state index < -0.39 is 12.0 Å². The fraction of sp³-hybridized carbons (Fsp3) is 0.0870. The summed E-state index contributed by atoms with van der Waals surface area (Å²) in [5.74, 6) is -0.422. The van der Waals surface area contributed by atoms with Gasteiger partial charge in [0.2, 0.25) is 5.84 Å². The van der Waals surface area contributed by atoms with Crippen molar-refractivity contribution in [3.8, 4) is 5.75 Å². The van der Waals surface area contributed by atoms with Gasteiger partial charge < -0.3 is 4.74 Å². The Morgan fingerprint density at radius 3 is 2.17 bits per heavy atom. The Hall–Kier alpha value is -3.54. The fourth-order valence-corrected chi connectivity index (χ4v) is 3.22. The van der Waals surface area contributed by atoms with Crippen LogP contribution in [0.15, 0.2) is 83.9 Å². The molecule has 1 aliphatic rings. The van der Waals surface area contributed by atoms with Crippen molar-refractivity contribution in [3.05, 3.63) is 90.0 Å². The van der Waals surface area contributed by atoms with Crippen molar-refractivity contribution >= 4 is 29.0 Å². The van der Waals surface area contributed by atoms with Crippen molar-refractivity contribution in [2.45, 2.75) is 6.18 Å². The third-order valence-electron chi connectivity index (χ3n) is 4.55. The number of alkyl halides is 3. The average molecular weight is 394 g/mol. The molecule has 1 aliphatic heterocycles. The standard InChI is InChI=1S/C23H17F3N2O/c1-29-18-13-11-17(12-14-18)28-21(15-16-7-3-2-4-8-16)19-9-5-6-10-20(19)27-22(28)23(24,25)26/h2-15H,1H3/b21-15+. The van der Waals surface area contributed by atoms with Crippen molar-refractivity contribution in [1.82, 2.24) is 0 Å². The van der Waals surface area contributed by atoms with Crippen LogP contribution in [0.25, 0.3) is 11.8 Å². The monoisotopic (exact) mass is 394 g/mol. The van der Waals surface area contributed by atoms with Gasteiger partial charge in [-0.25, -0.2) is 4.99 Å². The third kappa shape index (κ3) is 3.74. The minimum absolute atomic E-state index is 0.284. The fourth-order valence-electron chi connectivity index (χ4n) is 3.22. The molecule has 0 saturated carbocycles. The lowest BCUT2D eigenvalue weighted by atomic mass is 10.0. The Labute approximate surface area is 166 Å². The van der Waals surface area contributed by atoms with E-state index in [1.165, 1.54) is 7.11 Å². The van der Waals surface area contributed by atoms with Gasteiger partial charge in [-0.05, 0) is 42.0 Å². The van der Waals surface area contributed by atoms with E-state index in [0.29, 0.717) is 22.7 Å². The molecule has 6 heteroatoms. The number of para-hydroxylation sites is 1. The number of nitrogens with zero attached hydrogens (tertiary/aromatic N) is 2. The number of fused-ring (bicyclic) bond motifs is 1. The zero-order chi connectivity index (χ0) is 20.4. The average Bonchev–Trinajstić information content (AvgIpc) is 2.74. The molecule has 0 atom stereocenters. The molecule has 0 saturated heterocycles. The highest BCUT2D eigenvalue weighted by Crippen LogP contribution is 2.42. The number of benzene rings is 3. The highest BCUT2D eigenvalue weighted by atomic mass is 19.4. The zero-order valence-corrected chi connectivity index (χ0v) is 15.5. The molecule has 4 rings (SSSR count). The summed E-state index contributed by atoms with van der Waals surface area (Å²) in [5.41, 5.74) is 2.45. The van der Waals surface area contributed by atoms with Crippen LogP contribution in [0.5, 0.6) is 5.75 Å². The predicted molar refractivity (Wildman–Crippen MR) is 109 cm³/mol. The molecule has 0 radical (unpaired) electrons. The first kappa shape index (κ1) is 18.8. The summed E-state index contributed by atoms with van der Waals surface area (Å²) in [7, 11) is 1.51. The van der Waals surface area contributed by atoms with Crippen molar-refractivity contribution in [3.63, 3.8) is 0 Å². The molecule has 0 amide bonds. The number of amidine groups is 1. The van der Waals surface area contributed by atoms with Gasteiger partial charge in [-0.3, -0.25) is 4.90 Å². The lowest BCUT2D eigenvalue weighted by molar-refractivity contribution is -0.0597. The maximum Gasteiger partial charge on any atom is 0.450 e. The van der Waals surface area contributed by atoms with Gasteiger partial charge in [-0.1, -0.05) is 48.5 Å². The minimum Gasteiger partial charge on any atom is -0.497 e. The van der Waals surface area contributed by atoms with E-state index >= 15 is 0 Å². The Bertz CT molecular complexity index is 1070. The summed E-state index contributed by atoms with van der Waals surface area (Å²) in [6.45, 7) is 0. The maximum atomic E-state index is 14.0. The van der Waals surface area contributed by atoms with E-state index in [2.05, 4.69) is 4.99 Å². The quantitative estimate of drug-likeness (QED) is 0.520. The number of methoxy groups -OCH3 is 1. The molecular formula is C23H17F3N2O. The van der Waals surface area contributed by atoms with Crippen LogP contribution in [0.4, 0.5) is 24.5 Å². The molecule has 0 aliphatic carbocycles. The van der Waals surface area contributed by atoms with Gasteiger partial charge in [-0.15, -0.1) is 0 Å². The smallest absolute Gasteiger partial charge is 0.450 e. The molecule has 0 fully saturated rings. The summed E-state index contributed by atoms with van der Waals surface area (Å²) >= 11 is 0. The van der Waals surface area contributed by atoms with Crippen LogP contribution >= 0.6 is 0 Å². The summed E-state index contributed by atoms with van der Waals surface area (Å²) in [6.07, 6.45) is -2.90. The van der Waals surface area contributed by atoms with Gasteiger partial charge in [0, 0.05) is 11.3 Å². The lowest BCUT2D eigenvalue weighted by Gasteiger charge is -2.34. The molecule has 3 nitrogen and oxygen atoms in total. The molecule has 0 N–H and O–H groups in total. The van der Waals surface area contributed by atoms with Crippen molar-refractivity contribution in [1.29, 1.82) is 0 Å². The van der Waals surface area contributed by atoms with E-state index in [-0.39, 0.29) is 5.69 Å². The number of aliphatic imine (C=N–C) groups is 1. The number of halogens is 3. The normalized spacial score (nSPS) is 15.1. The summed E-state index contributed by atoms with van der Waals surface area (Å²) < 4.78 is 47.2. The molecule has 0 aromatic heterocycles. The topological polar surface area (TPSA) is 24.8 Å². The van der Waals surface area contributed by atoms with E-state index in [1.807, 2.05) is 30.3 Å². The second kappa shape index (κ2) is 7.47. The molecule has 146 valence electrons. The van der Waals surface area contributed by atoms with Gasteiger partial charge in [0.15, 0.2) is 0 Å². The van der Waals surface area contributed by atoms with Crippen LogP contribution in [-0.2, 0) is 0 Å². The summed E-state index contributed by atoms with van der Waals surface area (Å²) in [5, 5.41) is 0. The summed E-state index contributed by atoms with van der Waals surface area (Å²) in [6, 6.07) is 22.5. The molecular weight excluding hydrogens is 377 g/mol. The number of hydrogen-bond acceptors (Lipinski definition) is 3.